The number of para-hydroxylation sites is 2. The SMILES string of the molecule is Cc1cccc(C)c1NC(=O)C(F)(F)C(F)(F)C(F)(F)C(F)(F)C(=O)Nc1c(C)cccc1C. The summed E-state index contributed by atoms with van der Waals surface area (Å²) in [6, 6.07) is 8.10. The van der Waals surface area contributed by atoms with E-state index in [-0.39, 0.29) is 33.6 Å². The first kappa shape index (κ1) is 27.1. The lowest BCUT2D eigenvalue weighted by Gasteiger charge is -2.35. The van der Waals surface area contributed by atoms with E-state index in [2.05, 4.69) is 0 Å². The summed E-state index contributed by atoms with van der Waals surface area (Å²) < 4.78 is 114. The summed E-state index contributed by atoms with van der Waals surface area (Å²) >= 11 is 0. The van der Waals surface area contributed by atoms with Crippen LogP contribution in [0.15, 0.2) is 36.4 Å². The van der Waals surface area contributed by atoms with Crippen molar-refractivity contribution in [1.82, 2.24) is 0 Å². The molecule has 0 saturated heterocycles. The number of carbonyl (C=O) groups excluding carboxylic acids is 2. The molecular formula is C22H20F8N2O2. The lowest BCUT2D eigenvalue weighted by molar-refractivity contribution is -0.345. The van der Waals surface area contributed by atoms with Crippen LogP contribution in [0.1, 0.15) is 22.3 Å². The van der Waals surface area contributed by atoms with Gasteiger partial charge in [-0.05, 0) is 49.9 Å². The number of rotatable bonds is 7. The Hall–Kier alpha value is -3.18. The molecule has 2 aromatic rings. The van der Waals surface area contributed by atoms with Crippen LogP contribution in [0, 0.1) is 27.7 Å². The summed E-state index contributed by atoms with van der Waals surface area (Å²) in [5.74, 6) is -32.5. The molecule has 0 saturated carbocycles. The fourth-order valence-electron chi connectivity index (χ4n) is 3.09. The Morgan fingerprint density at radius 3 is 1.03 bits per heavy atom. The van der Waals surface area contributed by atoms with E-state index in [0.717, 1.165) is 0 Å². The van der Waals surface area contributed by atoms with Crippen molar-refractivity contribution in [1.29, 1.82) is 0 Å². The fourth-order valence-corrected chi connectivity index (χ4v) is 3.09. The van der Waals surface area contributed by atoms with Crippen molar-refractivity contribution in [3.05, 3.63) is 58.7 Å². The zero-order chi connectivity index (χ0) is 26.3. The van der Waals surface area contributed by atoms with E-state index in [0.29, 0.717) is 0 Å². The van der Waals surface area contributed by atoms with E-state index in [9.17, 15) is 44.7 Å². The van der Waals surface area contributed by atoms with Crippen LogP contribution in [0.2, 0.25) is 0 Å². The van der Waals surface area contributed by atoms with E-state index < -0.39 is 35.5 Å². The molecule has 4 nitrogen and oxygen atoms in total. The van der Waals surface area contributed by atoms with Crippen LogP contribution < -0.4 is 10.6 Å². The minimum Gasteiger partial charge on any atom is -0.320 e. The van der Waals surface area contributed by atoms with Crippen molar-refractivity contribution in [2.75, 3.05) is 10.6 Å². The van der Waals surface area contributed by atoms with Crippen molar-refractivity contribution in [3.63, 3.8) is 0 Å². The summed E-state index contributed by atoms with van der Waals surface area (Å²) in [7, 11) is 0. The number of hydrogen-bond acceptors (Lipinski definition) is 2. The molecule has 0 aromatic heterocycles. The monoisotopic (exact) mass is 496 g/mol. The quantitative estimate of drug-likeness (QED) is 0.460. The highest BCUT2D eigenvalue weighted by Gasteiger charge is 2.84. The summed E-state index contributed by atoms with van der Waals surface area (Å²) in [4.78, 5) is 23.8. The second-order valence-electron chi connectivity index (χ2n) is 7.74. The third kappa shape index (κ3) is 4.32. The van der Waals surface area contributed by atoms with E-state index in [1.54, 1.807) is 0 Å². The Kier molecular flexibility index (Phi) is 7.07. The summed E-state index contributed by atoms with van der Waals surface area (Å²) in [5, 5.41) is 2.77. The zero-order valence-corrected chi connectivity index (χ0v) is 18.3. The van der Waals surface area contributed by atoms with Gasteiger partial charge in [0.05, 0.1) is 0 Å². The third-order valence-electron chi connectivity index (χ3n) is 5.19. The summed E-state index contributed by atoms with van der Waals surface area (Å²) in [6.45, 7) is 5.22. The van der Waals surface area contributed by atoms with Crippen LogP contribution in [0.25, 0.3) is 0 Å². The Morgan fingerprint density at radius 2 is 0.794 bits per heavy atom. The Morgan fingerprint density at radius 1 is 0.559 bits per heavy atom. The molecule has 0 aliphatic rings. The molecule has 2 amide bonds. The fraction of sp³-hybridized carbons (Fsp3) is 0.364. The van der Waals surface area contributed by atoms with E-state index >= 15 is 0 Å². The number of carbonyl (C=O) groups is 2. The number of amides is 2. The van der Waals surface area contributed by atoms with Gasteiger partial charge in [-0.25, -0.2) is 0 Å². The number of aryl methyl sites for hydroxylation is 4. The molecule has 2 aromatic carbocycles. The molecule has 186 valence electrons. The van der Waals surface area contributed by atoms with Crippen molar-refractivity contribution in [2.24, 2.45) is 0 Å². The van der Waals surface area contributed by atoms with Gasteiger partial charge in [-0.1, -0.05) is 36.4 Å². The van der Waals surface area contributed by atoms with Gasteiger partial charge in [0.1, 0.15) is 0 Å². The molecule has 0 aliphatic heterocycles. The van der Waals surface area contributed by atoms with E-state index in [1.165, 1.54) is 74.7 Å². The van der Waals surface area contributed by atoms with Gasteiger partial charge in [0, 0.05) is 11.4 Å². The Balaban J connectivity index is 2.41. The maximum atomic E-state index is 14.3. The molecule has 2 rings (SSSR count). The van der Waals surface area contributed by atoms with Crippen LogP contribution >= 0.6 is 0 Å². The summed E-state index contributed by atoms with van der Waals surface area (Å²) in [6.07, 6.45) is 0. The van der Waals surface area contributed by atoms with Crippen LogP contribution in [0.4, 0.5) is 46.5 Å². The van der Waals surface area contributed by atoms with Gasteiger partial charge >= 0.3 is 35.5 Å². The molecule has 2 N–H and O–H groups in total. The molecule has 0 heterocycles. The van der Waals surface area contributed by atoms with Crippen LogP contribution in [-0.4, -0.2) is 35.5 Å². The second-order valence-corrected chi connectivity index (χ2v) is 7.74. The van der Waals surface area contributed by atoms with Gasteiger partial charge in [0.15, 0.2) is 0 Å². The second kappa shape index (κ2) is 8.88. The van der Waals surface area contributed by atoms with Gasteiger partial charge in [0.2, 0.25) is 0 Å². The first-order valence-corrected chi connectivity index (χ1v) is 9.66. The number of nitrogens with one attached hydrogen (secondary N) is 2. The third-order valence-corrected chi connectivity index (χ3v) is 5.19. The molecule has 0 spiro atoms. The first-order chi connectivity index (χ1) is 15.4. The molecule has 0 aliphatic carbocycles. The number of benzene rings is 2. The first-order valence-electron chi connectivity index (χ1n) is 9.66. The minimum absolute atomic E-state index is 0.123. The highest BCUT2D eigenvalue weighted by molar-refractivity contribution is 6.00. The van der Waals surface area contributed by atoms with E-state index in [1.807, 2.05) is 0 Å². The molecule has 0 atom stereocenters. The smallest absolute Gasteiger partial charge is 0.320 e. The van der Waals surface area contributed by atoms with Gasteiger partial charge in [0.25, 0.3) is 0 Å². The van der Waals surface area contributed by atoms with Crippen molar-refractivity contribution >= 4 is 23.2 Å². The average Bonchev–Trinajstić information content (AvgIpc) is 2.72. The van der Waals surface area contributed by atoms with Crippen LogP contribution in [0.3, 0.4) is 0 Å². The van der Waals surface area contributed by atoms with E-state index in [4.69, 9.17) is 0 Å². The maximum absolute atomic E-state index is 14.3. The standard InChI is InChI=1S/C22H20F8N2O2/c1-11-7-5-8-12(2)15(11)31-17(33)19(23,24)21(27,28)22(29,30)20(25,26)18(34)32-16-13(3)9-6-10-14(16)4/h5-10H,1-4H3,(H,31,33)(H,32,34). The van der Waals surface area contributed by atoms with Crippen LogP contribution in [0.5, 0.6) is 0 Å². The maximum Gasteiger partial charge on any atom is 0.393 e. The Labute approximate surface area is 189 Å². The predicted octanol–water partition coefficient (Wildman–Crippen LogP) is 6.04. The molecule has 12 heteroatoms. The van der Waals surface area contributed by atoms with Gasteiger partial charge in [-0.2, -0.15) is 35.1 Å². The van der Waals surface area contributed by atoms with Crippen molar-refractivity contribution < 1.29 is 44.7 Å². The number of alkyl halides is 8. The molecule has 0 bridgehead atoms. The van der Waals surface area contributed by atoms with Crippen LogP contribution in [-0.2, 0) is 9.59 Å². The molecule has 0 radical (unpaired) electrons. The van der Waals surface area contributed by atoms with Crippen molar-refractivity contribution in [3.8, 4) is 0 Å². The molecular weight excluding hydrogens is 476 g/mol. The number of anilines is 2. The normalized spacial score (nSPS) is 12.9. The molecule has 0 unspecified atom stereocenters. The minimum atomic E-state index is -6.96. The summed E-state index contributed by atoms with van der Waals surface area (Å²) in [5.41, 5.74) is -0.276. The lowest BCUT2D eigenvalue weighted by atomic mass is 9.96. The van der Waals surface area contributed by atoms with Gasteiger partial charge < -0.3 is 10.6 Å². The predicted molar refractivity (Wildman–Crippen MR) is 109 cm³/mol. The highest BCUT2D eigenvalue weighted by atomic mass is 19.4. The van der Waals surface area contributed by atoms with Crippen molar-refractivity contribution in [2.45, 2.75) is 51.4 Å². The largest absolute Gasteiger partial charge is 0.393 e. The topological polar surface area (TPSA) is 58.2 Å². The zero-order valence-electron chi connectivity index (χ0n) is 18.3. The molecule has 0 fully saturated rings. The molecule has 34 heavy (non-hydrogen) atoms. The lowest BCUT2D eigenvalue weighted by Crippen LogP contribution is -2.67. The Bertz CT molecular complexity index is 988. The number of hydrogen-bond donors (Lipinski definition) is 2. The van der Waals surface area contributed by atoms with Gasteiger partial charge in [-0.3, -0.25) is 9.59 Å². The van der Waals surface area contributed by atoms with Gasteiger partial charge in [-0.15, -0.1) is 0 Å². The average molecular weight is 496 g/mol. The number of halogens is 8. The highest BCUT2D eigenvalue weighted by Crippen LogP contribution is 2.53.